The molecule has 7 N–H and O–H groups in total. The van der Waals surface area contributed by atoms with E-state index in [1.807, 2.05) is 91.0 Å². The maximum Gasteiger partial charge on any atom is 0.290 e. The molecule has 262 valence electrons. The molecule has 0 aliphatic carbocycles. The molecule has 0 radical (unpaired) electrons. The zero-order valence-corrected chi connectivity index (χ0v) is 27.7. The number of fused-ring (bicyclic) bond motifs is 1. The van der Waals surface area contributed by atoms with Gasteiger partial charge in [0.25, 0.3) is 12.9 Å². The Labute approximate surface area is 287 Å². The van der Waals surface area contributed by atoms with E-state index in [0.29, 0.717) is 25.8 Å². The van der Waals surface area contributed by atoms with E-state index in [0.717, 1.165) is 36.0 Å². The topological polar surface area (TPSA) is 191 Å². The molecule has 49 heavy (non-hydrogen) atoms. The second-order valence-electron chi connectivity index (χ2n) is 11.9. The summed E-state index contributed by atoms with van der Waals surface area (Å²) in [6.07, 6.45) is 4.03. The zero-order chi connectivity index (χ0) is 35.6. The molecule has 3 amide bonds. The first kappa shape index (κ1) is 38.4. The Bertz CT molecular complexity index is 1420. The van der Waals surface area contributed by atoms with Crippen LogP contribution in [0.5, 0.6) is 0 Å². The maximum absolute atomic E-state index is 14.3. The van der Waals surface area contributed by atoms with Crippen molar-refractivity contribution >= 4 is 30.7 Å². The highest BCUT2D eigenvalue weighted by Crippen LogP contribution is 2.35. The van der Waals surface area contributed by atoms with Crippen LogP contribution in [0.3, 0.4) is 0 Å². The SMILES string of the molecule is CN[C@H](Cc1ccccc1)C(=O)N[C@@H]1C(=O)N2[C@@H](CC[C@@H]1CCN)CC[C@H]2C(=O)NC(c1ccccc1)c1ccccc1.O=CO.O=CO. The molecule has 12 nitrogen and oxygen atoms in total. The number of carbonyl (C=O) groups is 5. The number of carbonyl (C=O) groups excluding carboxylic acids is 3. The normalized spacial score (nSPS) is 20.2. The van der Waals surface area contributed by atoms with Gasteiger partial charge in [-0.2, -0.15) is 0 Å². The fourth-order valence-electron chi connectivity index (χ4n) is 6.72. The Morgan fingerprint density at radius 1 is 0.857 bits per heavy atom. The molecular weight excluding hydrogens is 626 g/mol. The van der Waals surface area contributed by atoms with Crippen LogP contribution in [0, 0.1) is 5.92 Å². The van der Waals surface area contributed by atoms with E-state index in [-0.39, 0.29) is 48.7 Å². The Morgan fingerprint density at radius 3 is 1.88 bits per heavy atom. The molecule has 0 unspecified atom stereocenters. The highest BCUT2D eigenvalue weighted by molar-refractivity contribution is 5.94. The van der Waals surface area contributed by atoms with Crippen molar-refractivity contribution in [2.24, 2.45) is 11.7 Å². The van der Waals surface area contributed by atoms with Gasteiger partial charge in [-0.3, -0.25) is 24.0 Å². The van der Waals surface area contributed by atoms with Crippen molar-refractivity contribution < 1.29 is 34.2 Å². The fraction of sp³-hybridized carbons (Fsp3) is 0.378. The van der Waals surface area contributed by atoms with Crippen LogP contribution in [0.25, 0.3) is 0 Å². The molecule has 0 bridgehead atoms. The molecule has 2 fully saturated rings. The third-order valence-electron chi connectivity index (χ3n) is 9.00. The number of hydrogen-bond acceptors (Lipinski definition) is 7. The summed E-state index contributed by atoms with van der Waals surface area (Å²) < 4.78 is 0. The van der Waals surface area contributed by atoms with Crippen LogP contribution < -0.4 is 21.7 Å². The molecule has 2 saturated heterocycles. The van der Waals surface area contributed by atoms with Crippen LogP contribution in [0.4, 0.5) is 0 Å². The van der Waals surface area contributed by atoms with Gasteiger partial charge in [-0.1, -0.05) is 91.0 Å². The monoisotopic (exact) mass is 673 g/mol. The summed E-state index contributed by atoms with van der Waals surface area (Å²) in [4.78, 5) is 60.4. The summed E-state index contributed by atoms with van der Waals surface area (Å²) in [5.74, 6) is -0.671. The summed E-state index contributed by atoms with van der Waals surface area (Å²) >= 11 is 0. The molecule has 5 atom stereocenters. The average Bonchev–Trinajstić information content (AvgIpc) is 3.51. The standard InChI is InChI=1S/C35H43N5O3.2CH2O2/c1-37-29(23-24-11-5-2-6-12-24)33(41)39-32-27(21-22-36)17-18-28-19-20-30(40(28)35(32)43)34(42)38-31(25-13-7-3-8-14-25)26-15-9-4-10-16-26;2*2-1-3/h2-16,27-32,37H,17-23,36H2,1H3,(H,38,42)(H,39,41);2*1H,(H,2,3)/t27-,28+,29-,30+,32+;;/m1../s1. The molecule has 0 aromatic heterocycles. The molecular formula is C37H47N5O7. The molecule has 3 aromatic rings. The van der Waals surface area contributed by atoms with E-state index in [4.69, 9.17) is 25.5 Å². The second kappa shape index (κ2) is 20.3. The summed E-state index contributed by atoms with van der Waals surface area (Å²) in [5, 5.41) is 23.3. The number of nitrogens with one attached hydrogen (secondary N) is 3. The average molecular weight is 674 g/mol. The molecule has 0 saturated carbocycles. The lowest BCUT2D eigenvalue weighted by atomic mass is 9.90. The smallest absolute Gasteiger partial charge is 0.290 e. The van der Waals surface area contributed by atoms with Crippen molar-refractivity contribution in [2.75, 3.05) is 13.6 Å². The Hall–Kier alpha value is -5.07. The maximum atomic E-state index is 14.3. The van der Waals surface area contributed by atoms with Crippen LogP contribution >= 0.6 is 0 Å². The van der Waals surface area contributed by atoms with E-state index in [1.165, 1.54) is 0 Å². The number of carboxylic acid groups (broad SMARTS) is 2. The molecule has 2 heterocycles. The minimum absolute atomic E-state index is 0.0401. The predicted octanol–water partition coefficient (Wildman–Crippen LogP) is 2.73. The lowest BCUT2D eigenvalue weighted by Gasteiger charge is -2.33. The first-order valence-corrected chi connectivity index (χ1v) is 16.4. The third kappa shape index (κ3) is 10.7. The second-order valence-corrected chi connectivity index (χ2v) is 11.9. The van der Waals surface area contributed by atoms with Gasteiger partial charge in [-0.25, -0.2) is 0 Å². The molecule has 5 rings (SSSR count). The predicted molar refractivity (Wildman–Crippen MR) is 185 cm³/mol. The Balaban J connectivity index is 0.00000101. The molecule has 2 aliphatic rings. The van der Waals surface area contributed by atoms with E-state index in [2.05, 4.69) is 16.0 Å². The lowest BCUT2D eigenvalue weighted by molar-refractivity contribution is -0.143. The van der Waals surface area contributed by atoms with Crippen molar-refractivity contribution in [3.63, 3.8) is 0 Å². The quantitative estimate of drug-likeness (QED) is 0.166. The highest BCUT2D eigenvalue weighted by Gasteiger charge is 2.47. The number of likely N-dealkylation sites (N-methyl/N-ethyl adjacent to an activating group) is 1. The van der Waals surface area contributed by atoms with Crippen molar-refractivity contribution in [3.8, 4) is 0 Å². The van der Waals surface area contributed by atoms with Crippen LogP contribution in [-0.4, -0.2) is 83.5 Å². The van der Waals surface area contributed by atoms with Gasteiger partial charge in [0.15, 0.2) is 0 Å². The van der Waals surface area contributed by atoms with Crippen molar-refractivity contribution in [2.45, 2.75) is 68.7 Å². The zero-order valence-electron chi connectivity index (χ0n) is 27.7. The van der Waals surface area contributed by atoms with Crippen molar-refractivity contribution in [3.05, 3.63) is 108 Å². The molecule has 2 aliphatic heterocycles. The summed E-state index contributed by atoms with van der Waals surface area (Å²) in [5.41, 5.74) is 8.96. The van der Waals surface area contributed by atoms with Crippen LogP contribution in [0.1, 0.15) is 54.8 Å². The number of hydrogen-bond donors (Lipinski definition) is 6. The van der Waals surface area contributed by atoms with Gasteiger partial charge >= 0.3 is 0 Å². The van der Waals surface area contributed by atoms with Crippen LogP contribution in [0.15, 0.2) is 91.0 Å². The van der Waals surface area contributed by atoms with Crippen LogP contribution in [0.2, 0.25) is 0 Å². The number of rotatable bonds is 11. The molecule has 12 heteroatoms. The van der Waals surface area contributed by atoms with E-state index in [9.17, 15) is 14.4 Å². The van der Waals surface area contributed by atoms with E-state index < -0.39 is 18.1 Å². The minimum atomic E-state index is -0.736. The van der Waals surface area contributed by atoms with Gasteiger partial charge in [0.2, 0.25) is 17.7 Å². The van der Waals surface area contributed by atoms with E-state index in [1.54, 1.807) is 11.9 Å². The Morgan fingerprint density at radius 2 is 1.37 bits per heavy atom. The van der Waals surface area contributed by atoms with Gasteiger partial charge < -0.3 is 36.8 Å². The largest absolute Gasteiger partial charge is 0.483 e. The first-order valence-electron chi connectivity index (χ1n) is 16.4. The highest BCUT2D eigenvalue weighted by atomic mass is 16.3. The van der Waals surface area contributed by atoms with Gasteiger partial charge in [0.1, 0.15) is 12.1 Å². The lowest BCUT2D eigenvalue weighted by Crippen LogP contribution is -2.58. The van der Waals surface area contributed by atoms with Crippen LogP contribution in [-0.2, 0) is 30.4 Å². The minimum Gasteiger partial charge on any atom is -0.483 e. The number of amides is 3. The number of benzene rings is 3. The first-order chi connectivity index (χ1) is 23.8. The van der Waals surface area contributed by atoms with Gasteiger partial charge in [-0.05, 0) is 74.7 Å². The van der Waals surface area contributed by atoms with Gasteiger partial charge in [0.05, 0.1) is 12.1 Å². The Kier molecular flexibility index (Phi) is 15.9. The molecule has 0 spiro atoms. The van der Waals surface area contributed by atoms with Gasteiger partial charge in [0, 0.05) is 6.04 Å². The van der Waals surface area contributed by atoms with Crippen molar-refractivity contribution in [1.82, 2.24) is 20.9 Å². The summed E-state index contributed by atoms with van der Waals surface area (Å²) in [6.45, 7) is -0.0752. The number of nitrogens with zero attached hydrogens (tertiary/aromatic N) is 1. The summed E-state index contributed by atoms with van der Waals surface area (Å²) in [6, 6.07) is 27.4. The van der Waals surface area contributed by atoms with E-state index >= 15 is 0 Å². The van der Waals surface area contributed by atoms with Crippen molar-refractivity contribution in [1.29, 1.82) is 0 Å². The van der Waals surface area contributed by atoms with Gasteiger partial charge in [-0.15, -0.1) is 0 Å². The third-order valence-corrected chi connectivity index (χ3v) is 9.00. The summed E-state index contributed by atoms with van der Waals surface area (Å²) in [7, 11) is 1.76. The number of nitrogens with two attached hydrogens (primary N) is 1. The fourth-order valence-corrected chi connectivity index (χ4v) is 6.72. The molecule has 3 aromatic carbocycles.